The first-order valence-electron chi connectivity index (χ1n) is 8.97. The van der Waals surface area contributed by atoms with Crippen molar-refractivity contribution in [2.24, 2.45) is 0 Å². The second kappa shape index (κ2) is 8.13. The Hall–Kier alpha value is -3.23. The van der Waals surface area contributed by atoms with Gasteiger partial charge in [-0.1, -0.05) is 17.7 Å². The molecule has 4 rings (SSSR count). The number of amides is 1. The summed E-state index contributed by atoms with van der Waals surface area (Å²) in [7, 11) is 1.43. The average molecular weight is 462 g/mol. The number of aliphatic hydroxyl groups excluding tert-OH is 1. The van der Waals surface area contributed by atoms with Crippen molar-refractivity contribution in [2.75, 3.05) is 12.0 Å². The van der Waals surface area contributed by atoms with E-state index in [1.807, 2.05) is 0 Å². The molecule has 9 heteroatoms. The maximum Gasteiger partial charge on any atom is 0.300 e. The van der Waals surface area contributed by atoms with Crippen molar-refractivity contribution in [3.05, 3.63) is 86.6 Å². The molecule has 5 nitrogen and oxygen atoms in total. The van der Waals surface area contributed by atoms with Gasteiger partial charge in [0.2, 0.25) is 0 Å². The molecule has 0 radical (unpaired) electrons. The monoisotopic (exact) mass is 461 g/mol. The van der Waals surface area contributed by atoms with Gasteiger partial charge in [-0.05, 0) is 41.8 Å². The van der Waals surface area contributed by atoms with Gasteiger partial charge in [-0.3, -0.25) is 14.5 Å². The molecule has 1 saturated heterocycles. The number of methoxy groups -OCH3 is 1. The fourth-order valence-corrected chi connectivity index (χ4v) is 4.46. The molecule has 3 aromatic rings. The second-order valence-electron chi connectivity index (χ2n) is 6.63. The lowest BCUT2D eigenvalue weighted by Gasteiger charge is -2.24. The summed E-state index contributed by atoms with van der Waals surface area (Å²) in [6, 6.07) is 9.39. The topological polar surface area (TPSA) is 66.8 Å². The van der Waals surface area contributed by atoms with Gasteiger partial charge in [-0.15, -0.1) is 11.3 Å². The molecule has 0 bridgehead atoms. The van der Waals surface area contributed by atoms with E-state index in [0.29, 0.717) is 16.7 Å². The third kappa shape index (κ3) is 3.58. The van der Waals surface area contributed by atoms with Crippen molar-refractivity contribution < 1.29 is 28.2 Å². The Morgan fingerprint density at radius 2 is 1.94 bits per heavy atom. The molecule has 1 fully saturated rings. The first-order chi connectivity index (χ1) is 14.8. The fraction of sp³-hybridized carbons (Fsp3) is 0.0909. The third-order valence-electron chi connectivity index (χ3n) is 4.86. The van der Waals surface area contributed by atoms with Gasteiger partial charge < -0.3 is 9.84 Å². The Kier molecular flexibility index (Phi) is 5.51. The van der Waals surface area contributed by atoms with Gasteiger partial charge in [0.05, 0.1) is 23.4 Å². The predicted octanol–water partition coefficient (Wildman–Crippen LogP) is 5.31. The SMILES string of the molecule is COc1ccc(Cl)c(/C(O)=C2/C(=O)C(=O)N(c3ccc(F)cc3F)C2c2cccs2)c1. The zero-order valence-electron chi connectivity index (χ0n) is 15.9. The predicted molar refractivity (Wildman–Crippen MR) is 113 cm³/mol. The molecule has 1 amide bonds. The van der Waals surface area contributed by atoms with Crippen LogP contribution in [0.25, 0.3) is 5.76 Å². The number of Topliss-reactive ketones (excluding diaryl/α,β-unsaturated/α-hetero) is 1. The van der Waals surface area contributed by atoms with Gasteiger partial charge in [0.1, 0.15) is 29.2 Å². The van der Waals surface area contributed by atoms with Crippen LogP contribution >= 0.6 is 22.9 Å². The van der Waals surface area contributed by atoms with Crippen molar-refractivity contribution >= 4 is 46.1 Å². The Labute approximate surface area is 184 Å². The summed E-state index contributed by atoms with van der Waals surface area (Å²) in [4.78, 5) is 27.3. The highest BCUT2D eigenvalue weighted by molar-refractivity contribution is 7.10. The van der Waals surface area contributed by atoms with E-state index in [1.165, 1.54) is 30.6 Å². The van der Waals surface area contributed by atoms with Crippen LogP contribution in [0.4, 0.5) is 14.5 Å². The molecule has 31 heavy (non-hydrogen) atoms. The molecule has 0 spiro atoms. The molecule has 2 aromatic carbocycles. The number of hydrogen-bond acceptors (Lipinski definition) is 5. The number of aliphatic hydroxyl groups is 1. The van der Waals surface area contributed by atoms with Crippen molar-refractivity contribution in [1.29, 1.82) is 0 Å². The molecule has 0 saturated carbocycles. The Balaban J connectivity index is 1.97. The minimum atomic E-state index is -1.12. The van der Waals surface area contributed by atoms with Crippen LogP contribution in [0, 0.1) is 11.6 Å². The number of halogens is 3. The summed E-state index contributed by atoms with van der Waals surface area (Å²) in [5.74, 6) is -4.05. The van der Waals surface area contributed by atoms with Crippen molar-refractivity contribution in [2.45, 2.75) is 6.04 Å². The van der Waals surface area contributed by atoms with E-state index in [9.17, 15) is 23.5 Å². The van der Waals surface area contributed by atoms with Crippen LogP contribution in [0.5, 0.6) is 5.75 Å². The van der Waals surface area contributed by atoms with Crippen LogP contribution in [-0.2, 0) is 9.59 Å². The maximum atomic E-state index is 14.6. The molecule has 1 N–H and O–H groups in total. The Morgan fingerprint density at radius 1 is 1.16 bits per heavy atom. The molecule has 1 aromatic heterocycles. The number of benzene rings is 2. The number of nitrogens with zero attached hydrogens (tertiary/aromatic N) is 1. The quantitative estimate of drug-likeness (QED) is 0.324. The van der Waals surface area contributed by atoms with Crippen molar-refractivity contribution in [1.82, 2.24) is 0 Å². The van der Waals surface area contributed by atoms with E-state index in [4.69, 9.17) is 16.3 Å². The van der Waals surface area contributed by atoms with Crippen LogP contribution in [0.1, 0.15) is 16.5 Å². The molecule has 1 aliphatic rings. The van der Waals surface area contributed by atoms with Crippen LogP contribution < -0.4 is 9.64 Å². The normalized spacial score (nSPS) is 17.9. The molecule has 0 aliphatic carbocycles. The molecule has 1 aliphatic heterocycles. The summed E-state index contributed by atoms with van der Waals surface area (Å²) in [6.45, 7) is 0. The molecular formula is C22H14ClF2NO4S. The molecule has 2 heterocycles. The Morgan fingerprint density at radius 3 is 2.58 bits per heavy atom. The fourth-order valence-electron chi connectivity index (χ4n) is 3.43. The summed E-state index contributed by atoms with van der Waals surface area (Å²) >= 11 is 7.43. The third-order valence-corrected chi connectivity index (χ3v) is 6.11. The number of anilines is 1. The average Bonchev–Trinajstić information content (AvgIpc) is 3.36. The highest BCUT2D eigenvalue weighted by Crippen LogP contribution is 2.45. The first-order valence-corrected chi connectivity index (χ1v) is 10.2. The van der Waals surface area contributed by atoms with E-state index in [0.717, 1.165) is 17.0 Å². The van der Waals surface area contributed by atoms with Crippen molar-refractivity contribution in [3.8, 4) is 5.75 Å². The van der Waals surface area contributed by atoms with E-state index in [-0.39, 0.29) is 21.8 Å². The van der Waals surface area contributed by atoms with Crippen LogP contribution in [-0.4, -0.2) is 23.9 Å². The van der Waals surface area contributed by atoms with Gasteiger partial charge in [0, 0.05) is 16.5 Å². The van der Waals surface area contributed by atoms with E-state index >= 15 is 0 Å². The second-order valence-corrected chi connectivity index (χ2v) is 8.01. The molecule has 1 atom stereocenters. The number of ketones is 1. The number of hydrogen-bond donors (Lipinski definition) is 1. The maximum absolute atomic E-state index is 14.6. The highest BCUT2D eigenvalue weighted by atomic mass is 35.5. The molecule has 158 valence electrons. The smallest absolute Gasteiger partial charge is 0.300 e. The van der Waals surface area contributed by atoms with Gasteiger partial charge in [-0.2, -0.15) is 0 Å². The van der Waals surface area contributed by atoms with E-state index < -0.39 is 35.1 Å². The number of rotatable bonds is 4. The van der Waals surface area contributed by atoms with Crippen LogP contribution in [0.2, 0.25) is 5.02 Å². The van der Waals surface area contributed by atoms with Gasteiger partial charge in [-0.25, -0.2) is 8.78 Å². The van der Waals surface area contributed by atoms with Gasteiger partial charge in [0.25, 0.3) is 11.7 Å². The summed E-state index contributed by atoms with van der Waals surface area (Å²) < 4.78 is 33.2. The van der Waals surface area contributed by atoms with E-state index in [2.05, 4.69) is 0 Å². The minimum absolute atomic E-state index is 0.0835. The van der Waals surface area contributed by atoms with Gasteiger partial charge in [0.15, 0.2) is 0 Å². The van der Waals surface area contributed by atoms with Crippen LogP contribution in [0.3, 0.4) is 0 Å². The highest BCUT2D eigenvalue weighted by Gasteiger charge is 2.48. The van der Waals surface area contributed by atoms with E-state index in [1.54, 1.807) is 23.6 Å². The lowest BCUT2D eigenvalue weighted by molar-refractivity contribution is -0.132. The number of ether oxygens (including phenoxy) is 1. The molecular weight excluding hydrogens is 448 g/mol. The summed E-state index contributed by atoms with van der Waals surface area (Å²) in [5.41, 5.74) is -0.454. The number of carbonyl (C=O) groups excluding carboxylic acids is 2. The Bertz CT molecular complexity index is 1230. The lowest BCUT2D eigenvalue weighted by atomic mass is 9.99. The summed E-state index contributed by atoms with van der Waals surface area (Å²) in [6.07, 6.45) is 0. The zero-order chi connectivity index (χ0) is 22.3. The first kappa shape index (κ1) is 21.0. The standard InChI is InChI=1S/C22H14ClF2NO4S/c1-30-12-5-6-14(23)13(10-12)20(27)18-19(17-3-2-8-31-17)26(22(29)21(18)28)16-7-4-11(24)9-15(16)25/h2-10,19,27H,1H3/b20-18-. The zero-order valence-corrected chi connectivity index (χ0v) is 17.5. The minimum Gasteiger partial charge on any atom is -0.507 e. The number of carbonyl (C=O) groups is 2. The van der Waals surface area contributed by atoms with Crippen molar-refractivity contribution in [3.63, 3.8) is 0 Å². The lowest BCUT2D eigenvalue weighted by Crippen LogP contribution is -2.30. The number of thiophene rings is 1. The van der Waals surface area contributed by atoms with Gasteiger partial charge >= 0.3 is 0 Å². The van der Waals surface area contributed by atoms with Crippen LogP contribution in [0.15, 0.2) is 59.5 Å². The molecule has 1 unspecified atom stereocenters. The largest absolute Gasteiger partial charge is 0.507 e. The summed E-state index contributed by atoms with van der Waals surface area (Å²) in [5, 5.41) is 12.9.